The highest BCUT2D eigenvalue weighted by Gasteiger charge is 2.20. The molecule has 2 heterocycles. The second-order valence-corrected chi connectivity index (χ2v) is 6.84. The highest BCUT2D eigenvalue weighted by molar-refractivity contribution is 7.15. The van der Waals surface area contributed by atoms with Crippen molar-refractivity contribution >= 4 is 22.4 Å². The van der Waals surface area contributed by atoms with Gasteiger partial charge in [0.15, 0.2) is 5.13 Å². The van der Waals surface area contributed by atoms with Crippen LogP contribution in [0.1, 0.15) is 23.1 Å². The summed E-state index contributed by atoms with van der Waals surface area (Å²) in [6, 6.07) is 6.05. The van der Waals surface area contributed by atoms with Crippen LogP contribution in [0.15, 0.2) is 24.3 Å². The van der Waals surface area contributed by atoms with Crippen LogP contribution in [0.2, 0.25) is 0 Å². The number of aromatic nitrogens is 1. The Bertz CT molecular complexity index is 734. The van der Waals surface area contributed by atoms with Crippen LogP contribution >= 0.6 is 11.3 Å². The number of carbonyl (C=O) groups excluding carboxylic acids is 1. The van der Waals surface area contributed by atoms with Gasteiger partial charge < -0.3 is 10.1 Å². The van der Waals surface area contributed by atoms with Crippen LogP contribution in [0, 0.1) is 0 Å². The number of fused-ring (bicyclic) bond motifs is 1. The predicted octanol–water partition coefficient (Wildman–Crippen LogP) is 3.30. The molecule has 0 aliphatic carbocycles. The third-order valence-corrected chi connectivity index (χ3v) is 5.01. The third kappa shape index (κ3) is 4.73. The average molecular weight is 367 g/mol. The number of ether oxygens (including phenoxy) is 1. The van der Waals surface area contributed by atoms with Gasteiger partial charge in [-0.2, -0.15) is 8.78 Å². The van der Waals surface area contributed by atoms with Gasteiger partial charge in [0.2, 0.25) is 5.91 Å². The summed E-state index contributed by atoms with van der Waals surface area (Å²) in [4.78, 5) is 20.2. The molecule has 134 valence electrons. The zero-order valence-electron chi connectivity index (χ0n) is 13.8. The highest BCUT2D eigenvalue weighted by atomic mass is 32.1. The van der Waals surface area contributed by atoms with Crippen LogP contribution in [0.4, 0.5) is 13.9 Å². The Morgan fingerprint density at radius 2 is 2.16 bits per heavy atom. The van der Waals surface area contributed by atoms with E-state index in [0.717, 1.165) is 37.3 Å². The first-order valence-electron chi connectivity index (χ1n) is 8.08. The number of carbonyl (C=O) groups is 1. The van der Waals surface area contributed by atoms with Crippen molar-refractivity contribution in [3.8, 4) is 5.75 Å². The van der Waals surface area contributed by atoms with Gasteiger partial charge in [0.1, 0.15) is 5.75 Å². The molecule has 0 spiro atoms. The minimum absolute atomic E-state index is 0.0761. The molecule has 25 heavy (non-hydrogen) atoms. The van der Waals surface area contributed by atoms with E-state index in [1.807, 2.05) is 0 Å². The standard InChI is InChI=1S/C17H19F2N3O2S/c1-2-22-8-7-13-14(10-22)25-17(20-13)21-15(23)9-11-3-5-12(6-4-11)24-16(18)19/h3-6,16H,2,7-10H2,1H3,(H,20,21,23). The molecule has 1 amide bonds. The zero-order chi connectivity index (χ0) is 17.8. The third-order valence-electron chi connectivity index (χ3n) is 4.02. The molecule has 0 saturated carbocycles. The van der Waals surface area contributed by atoms with Crippen LogP contribution in [0.3, 0.4) is 0 Å². The summed E-state index contributed by atoms with van der Waals surface area (Å²) in [5.74, 6) is -0.104. The molecule has 0 atom stereocenters. The number of nitrogens with zero attached hydrogens (tertiary/aromatic N) is 2. The van der Waals surface area contributed by atoms with Crippen LogP contribution < -0.4 is 10.1 Å². The molecule has 1 aliphatic heterocycles. The fourth-order valence-electron chi connectivity index (χ4n) is 2.71. The number of benzene rings is 1. The van der Waals surface area contributed by atoms with E-state index in [4.69, 9.17) is 0 Å². The Balaban J connectivity index is 1.57. The number of rotatable bonds is 6. The maximum absolute atomic E-state index is 12.2. The maximum atomic E-state index is 12.2. The van der Waals surface area contributed by atoms with Gasteiger partial charge in [0, 0.05) is 24.4 Å². The van der Waals surface area contributed by atoms with E-state index in [-0.39, 0.29) is 18.1 Å². The monoisotopic (exact) mass is 367 g/mol. The lowest BCUT2D eigenvalue weighted by molar-refractivity contribution is -0.115. The second-order valence-electron chi connectivity index (χ2n) is 5.76. The number of nitrogens with one attached hydrogen (secondary N) is 1. The zero-order valence-corrected chi connectivity index (χ0v) is 14.6. The molecule has 5 nitrogen and oxygen atoms in total. The number of anilines is 1. The molecule has 0 radical (unpaired) electrons. The van der Waals surface area contributed by atoms with Crippen LogP contribution in [-0.4, -0.2) is 35.5 Å². The van der Waals surface area contributed by atoms with Gasteiger partial charge in [-0.1, -0.05) is 19.1 Å². The molecular weight excluding hydrogens is 348 g/mol. The molecule has 1 aromatic heterocycles. The predicted molar refractivity (Wildman–Crippen MR) is 92.2 cm³/mol. The molecule has 0 unspecified atom stereocenters. The lowest BCUT2D eigenvalue weighted by atomic mass is 10.1. The van der Waals surface area contributed by atoms with Crippen molar-refractivity contribution < 1.29 is 18.3 Å². The van der Waals surface area contributed by atoms with E-state index < -0.39 is 6.61 Å². The molecule has 2 aromatic rings. The van der Waals surface area contributed by atoms with Crippen LogP contribution in [0.25, 0.3) is 0 Å². The summed E-state index contributed by atoms with van der Waals surface area (Å²) in [5, 5.41) is 3.44. The summed E-state index contributed by atoms with van der Waals surface area (Å²) in [6.07, 6.45) is 1.06. The molecule has 1 aromatic carbocycles. The topological polar surface area (TPSA) is 54.5 Å². The fraction of sp³-hybridized carbons (Fsp3) is 0.412. The van der Waals surface area contributed by atoms with Gasteiger partial charge in [-0.05, 0) is 24.2 Å². The van der Waals surface area contributed by atoms with E-state index in [9.17, 15) is 13.6 Å². The first kappa shape index (κ1) is 17.8. The normalized spacial score (nSPS) is 14.4. The summed E-state index contributed by atoms with van der Waals surface area (Å²) in [7, 11) is 0. The number of likely N-dealkylation sites (N-methyl/N-ethyl adjacent to an activating group) is 1. The Kier molecular flexibility index (Phi) is 5.60. The van der Waals surface area contributed by atoms with E-state index in [0.29, 0.717) is 5.13 Å². The average Bonchev–Trinajstić information content (AvgIpc) is 2.97. The lowest BCUT2D eigenvalue weighted by Gasteiger charge is -2.23. The fourth-order valence-corrected chi connectivity index (χ4v) is 3.78. The van der Waals surface area contributed by atoms with Crippen molar-refractivity contribution in [2.75, 3.05) is 18.4 Å². The minimum atomic E-state index is -2.85. The second kappa shape index (κ2) is 7.88. The number of hydrogen-bond acceptors (Lipinski definition) is 5. The van der Waals surface area contributed by atoms with Gasteiger partial charge >= 0.3 is 6.61 Å². The number of amides is 1. The number of alkyl halides is 2. The van der Waals surface area contributed by atoms with Crippen LogP contribution in [-0.2, 0) is 24.2 Å². The van der Waals surface area contributed by atoms with Gasteiger partial charge in [0.25, 0.3) is 0 Å². The Morgan fingerprint density at radius 1 is 1.40 bits per heavy atom. The van der Waals surface area contributed by atoms with Crippen molar-refractivity contribution in [1.29, 1.82) is 0 Å². The van der Waals surface area contributed by atoms with E-state index in [2.05, 4.69) is 26.9 Å². The summed E-state index contributed by atoms with van der Waals surface area (Å²) in [6.45, 7) is 2.16. The van der Waals surface area contributed by atoms with Crippen molar-refractivity contribution in [3.05, 3.63) is 40.4 Å². The molecule has 0 bridgehead atoms. The quantitative estimate of drug-likeness (QED) is 0.851. The molecule has 3 rings (SSSR count). The maximum Gasteiger partial charge on any atom is 0.387 e. The molecule has 0 fully saturated rings. The molecule has 8 heteroatoms. The van der Waals surface area contributed by atoms with Crippen LogP contribution in [0.5, 0.6) is 5.75 Å². The Hall–Kier alpha value is -2.06. The lowest BCUT2D eigenvalue weighted by Crippen LogP contribution is -2.29. The largest absolute Gasteiger partial charge is 0.435 e. The van der Waals surface area contributed by atoms with Gasteiger partial charge in [-0.3, -0.25) is 9.69 Å². The number of hydrogen-bond donors (Lipinski definition) is 1. The first-order valence-corrected chi connectivity index (χ1v) is 8.89. The Morgan fingerprint density at radius 3 is 2.84 bits per heavy atom. The van der Waals surface area contributed by atoms with Gasteiger partial charge in [0.05, 0.1) is 12.1 Å². The van der Waals surface area contributed by atoms with E-state index in [1.54, 1.807) is 12.1 Å². The van der Waals surface area contributed by atoms with E-state index >= 15 is 0 Å². The molecule has 0 saturated heterocycles. The van der Waals surface area contributed by atoms with Crippen molar-refractivity contribution in [2.45, 2.75) is 32.9 Å². The summed E-state index contributed by atoms with van der Waals surface area (Å²) < 4.78 is 28.5. The minimum Gasteiger partial charge on any atom is -0.435 e. The summed E-state index contributed by atoms with van der Waals surface area (Å²) in [5.41, 5.74) is 1.79. The van der Waals surface area contributed by atoms with Crippen molar-refractivity contribution in [1.82, 2.24) is 9.88 Å². The van der Waals surface area contributed by atoms with Gasteiger partial charge in [-0.25, -0.2) is 4.98 Å². The van der Waals surface area contributed by atoms with Crippen molar-refractivity contribution in [3.63, 3.8) is 0 Å². The smallest absolute Gasteiger partial charge is 0.387 e. The Labute approximate surface area is 148 Å². The highest BCUT2D eigenvalue weighted by Crippen LogP contribution is 2.28. The first-order chi connectivity index (χ1) is 12.0. The van der Waals surface area contributed by atoms with E-state index in [1.165, 1.54) is 28.3 Å². The summed E-state index contributed by atoms with van der Waals surface area (Å²) >= 11 is 1.51. The number of thiazole rings is 1. The van der Waals surface area contributed by atoms with Crippen molar-refractivity contribution in [2.24, 2.45) is 0 Å². The number of halogens is 2. The molecule has 1 N–H and O–H groups in total. The molecule has 1 aliphatic rings. The van der Waals surface area contributed by atoms with Gasteiger partial charge in [-0.15, -0.1) is 11.3 Å². The molecular formula is C17H19F2N3O2S. The SMILES string of the molecule is CCN1CCc2nc(NC(=O)Cc3ccc(OC(F)F)cc3)sc2C1.